The van der Waals surface area contributed by atoms with Crippen LogP contribution in [0.25, 0.3) is 0 Å². The van der Waals surface area contributed by atoms with Crippen molar-refractivity contribution >= 4 is 18.0 Å². The van der Waals surface area contributed by atoms with Crippen molar-refractivity contribution in [3.63, 3.8) is 0 Å². The van der Waals surface area contributed by atoms with Gasteiger partial charge >= 0.3 is 18.0 Å². The second kappa shape index (κ2) is 7.00. The van der Waals surface area contributed by atoms with Crippen LogP contribution >= 0.6 is 0 Å². The van der Waals surface area contributed by atoms with Crippen LogP contribution in [0.4, 0.5) is 4.79 Å². The van der Waals surface area contributed by atoms with Gasteiger partial charge in [0, 0.05) is 13.0 Å². The fourth-order valence-corrected chi connectivity index (χ4v) is 2.47. The maximum atomic E-state index is 12.0. The smallest absolute Gasteiger partial charge is 0.410 e. The molecule has 1 atom stereocenters. The molecule has 0 aliphatic carbocycles. The number of ether oxygens (including phenoxy) is 2. The van der Waals surface area contributed by atoms with Gasteiger partial charge in [-0.3, -0.25) is 0 Å². The number of carboxylic acid groups (broad SMARTS) is 2. The summed E-state index contributed by atoms with van der Waals surface area (Å²) in [6, 6.07) is 3.79. The lowest BCUT2D eigenvalue weighted by atomic mass is 10.1. The molecular weight excluding hydrogens is 330 g/mol. The largest absolute Gasteiger partial charge is 0.488 e. The Bertz CT molecular complexity index is 693. The Labute approximate surface area is 144 Å². The van der Waals surface area contributed by atoms with Crippen molar-refractivity contribution in [3.05, 3.63) is 29.3 Å². The van der Waals surface area contributed by atoms with Gasteiger partial charge in [-0.15, -0.1) is 0 Å². The molecule has 136 valence electrons. The topological polar surface area (TPSA) is 113 Å². The zero-order valence-corrected chi connectivity index (χ0v) is 14.3. The molecule has 2 rings (SSSR count). The van der Waals surface area contributed by atoms with Crippen LogP contribution in [0.15, 0.2) is 18.2 Å². The Morgan fingerprint density at radius 3 is 2.32 bits per heavy atom. The van der Waals surface area contributed by atoms with Gasteiger partial charge in [-0.1, -0.05) is 0 Å². The van der Waals surface area contributed by atoms with E-state index in [2.05, 4.69) is 0 Å². The normalized spacial score (nSPS) is 17.2. The van der Waals surface area contributed by atoms with Crippen LogP contribution in [0.3, 0.4) is 0 Å². The van der Waals surface area contributed by atoms with Crippen LogP contribution in [0, 0.1) is 0 Å². The van der Waals surface area contributed by atoms with Crippen molar-refractivity contribution in [2.45, 2.75) is 38.9 Å². The monoisotopic (exact) mass is 351 g/mol. The molecule has 0 bridgehead atoms. The van der Waals surface area contributed by atoms with Gasteiger partial charge in [-0.25, -0.2) is 14.4 Å². The average Bonchev–Trinajstić information content (AvgIpc) is 2.93. The highest BCUT2D eigenvalue weighted by Gasteiger charge is 2.31. The fourth-order valence-electron chi connectivity index (χ4n) is 2.47. The summed E-state index contributed by atoms with van der Waals surface area (Å²) < 4.78 is 11.0. The van der Waals surface area contributed by atoms with Crippen LogP contribution in [0.1, 0.15) is 47.9 Å². The van der Waals surface area contributed by atoms with Gasteiger partial charge < -0.3 is 24.6 Å². The highest BCUT2D eigenvalue weighted by atomic mass is 16.6. The molecular formula is C17H21NO7. The summed E-state index contributed by atoms with van der Waals surface area (Å²) in [5.41, 5.74) is -1.23. The van der Waals surface area contributed by atoms with Crippen molar-refractivity contribution in [2.75, 3.05) is 13.1 Å². The Balaban J connectivity index is 2.04. The molecule has 1 aliphatic heterocycles. The molecule has 0 saturated carbocycles. The van der Waals surface area contributed by atoms with Gasteiger partial charge in [-0.2, -0.15) is 0 Å². The summed E-state index contributed by atoms with van der Waals surface area (Å²) >= 11 is 0. The maximum Gasteiger partial charge on any atom is 0.410 e. The minimum Gasteiger partial charge on any atom is -0.488 e. The molecule has 1 saturated heterocycles. The number of rotatable bonds is 4. The van der Waals surface area contributed by atoms with Gasteiger partial charge in [0.25, 0.3) is 0 Å². The van der Waals surface area contributed by atoms with E-state index in [9.17, 15) is 14.4 Å². The van der Waals surface area contributed by atoms with Gasteiger partial charge in [0.15, 0.2) is 0 Å². The van der Waals surface area contributed by atoms with Crippen LogP contribution in [0.2, 0.25) is 0 Å². The predicted molar refractivity (Wildman–Crippen MR) is 87.2 cm³/mol. The maximum absolute atomic E-state index is 12.0. The number of aromatic carboxylic acids is 2. The van der Waals surface area contributed by atoms with E-state index in [1.165, 1.54) is 23.1 Å². The van der Waals surface area contributed by atoms with Crippen molar-refractivity contribution in [1.82, 2.24) is 4.90 Å². The number of benzene rings is 1. The second-order valence-electron chi connectivity index (χ2n) is 6.77. The average molecular weight is 351 g/mol. The van der Waals surface area contributed by atoms with Gasteiger partial charge in [0.2, 0.25) is 0 Å². The predicted octanol–water partition coefficient (Wildman–Crippen LogP) is 2.47. The number of carboxylic acids is 2. The number of nitrogens with zero attached hydrogens (tertiary/aromatic N) is 1. The molecule has 25 heavy (non-hydrogen) atoms. The zero-order valence-electron chi connectivity index (χ0n) is 14.3. The minimum absolute atomic E-state index is 0.249. The lowest BCUT2D eigenvalue weighted by molar-refractivity contribution is 0.0275. The van der Waals surface area contributed by atoms with Gasteiger partial charge in [-0.05, 0) is 39.0 Å². The summed E-state index contributed by atoms with van der Waals surface area (Å²) in [6.07, 6.45) is -0.168. The molecule has 2 N–H and O–H groups in total. The third-order valence-electron chi connectivity index (χ3n) is 3.55. The summed E-state index contributed by atoms with van der Waals surface area (Å²) in [5, 5.41) is 18.2. The number of amides is 1. The third kappa shape index (κ3) is 4.85. The van der Waals surface area contributed by atoms with Crippen LogP contribution in [-0.2, 0) is 4.74 Å². The molecule has 1 aromatic rings. The van der Waals surface area contributed by atoms with Crippen molar-refractivity contribution in [2.24, 2.45) is 0 Å². The third-order valence-corrected chi connectivity index (χ3v) is 3.55. The number of carbonyl (C=O) groups excluding carboxylic acids is 1. The summed E-state index contributed by atoms with van der Waals surface area (Å²) in [5.74, 6) is -2.41. The first-order valence-electron chi connectivity index (χ1n) is 7.82. The first-order valence-corrected chi connectivity index (χ1v) is 7.82. The first kappa shape index (κ1) is 18.6. The van der Waals surface area contributed by atoms with Gasteiger partial charge in [0.1, 0.15) is 17.5 Å². The first-order chi connectivity index (χ1) is 11.6. The number of likely N-dealkylation sites (tertiary alicyclic amines) is 1. The van der Waals surface area contributed by atoms with Gasteiger partial charge in [0.05, 0.1) is 17.7 Å². The summed E-state index contributed by atoms with van der Waals surface area (Å²) in [6.45, 7) is 6.14. The lowest BCUT2D eigenvalue weighted by Crippen LogP contribution is -2.36. The van der Waals surface area contributed by atoms with Crippen molar-refractivity contribution in [3.8, 4) is 5.75 Å². The van der Waals surface area contributed by atoms with Crippen molar-refractivity contribution < 1.29 is 34.1 Å². The quantitative estimate of drug-likeness (QED) is 0.856. The Morgan fingerprint density at radius 1 is 1.12 bits per heavy atom. The summed E-state index contributed by atoms with van der Waals surface area (Å²) in [7, 11) is 0. The highest BCUT2D eigenvalue weighted by molar-refractivity contribution is 6.02. The standard InChI is InChI=1S/C17H21NO7/c1-17(2,3)25-16(23)18-7-6-11(9-18)24-10-4-5-12(14(19)20)13(8-10)15(21)22/h4-5,8,11H,6-7,9H2,1-3H3,(H,19,20)(H,21,22)/t11-/m1/s1. The molecule has 1 aliphatic rings. The zero-order chi connectivity index (χ0) is 18.8. The van der Waals surface area contributed by atoms with E-state index in [0.29, 0.717) is 19.5 Å². The molecule has 8 heteroatoms. The van der Waals surface area contributed by atoms with Crippen molar-refractivity contribution in [1.29, 1.82) is 0 Å². The number of carbonyl (C=O) groups is 3. The minimum atomic E-state index is -1.34. The Hall–Kier alpha value is -2.77. The Morgan fingerprint density at radius 2 is 1.76 bits per heavy atom. The van der Waals surface area contributed by atoms with Crippen LogP contribution in [-0.4, -0.2) is 57.9 Å². The second-order valence-corrected chi connectivity index (χ2v) is 6.77. The molecule has 1 heterocycles. The van der Waals surface area contributed by atoms with E-state index in [4.69, 9.17) is 19.7 Å². The molecule has 8 nitrogen and oxygen atoms in total. The van der Waals surface area contributed by atoms with E-state index in [1.807, 2.05) is 0 Å². The number of hydrogen-bond donors (Lipinski definition) is 2. The Kier molecular flexibility index (Phi) is 5.20. The fraction of sp³-hybridized carbons (Fsp3) is 0.471. The SMILES string of the molecule is CC(C)(C)OC(=O)N1CC[C@@H](Oc2ccc(C(=O)O)c(C(=O)O)c2)C1. The molecule has 0 radical (unpaired) electrons. The molecule has 0 spiro atoms. The molecule has 0 aromatic heterocycles. The highest BCUT2D eigenvalue weighted by Crippen LogP contribution is 2.23. The lowest BCUT2D eigenvalue weighted by Gasteiger charge is -2.24. The van der Waals surface area contributed by atoms with E-state index in [1.54, 1.807) is 20.8 Å². The van der Waals surface area contributed by atoms with E-state index < -0.39 is 23.6 Å². The van der Waals surface area contributed by atoms with Crippen LogP contribution < -0.4 is 4.74 Å². The van der Waals surface area contributed by atoms with E-state index in [-0.39, 0.29) is 23.0 Å². The molecule has 1 amide bonds. The van der Waals surface area contributed by atoms with Crippen LogP contribution in [0.5, 0.6) is 5.75 Å². The van der Waals surface area contributed by atoms with E-state index >= 15 is 0 Å². The van der Waals surface area contributed by atoms with E-state index in [0.717, 1.165) is 0 Å². The molecule has 1 aromatic carbocycles. The summed E-state index contributed by atoms with van der Waals surface area (Å²) in [4.78, 5) is 35.8. The molecule has 1 fully saturated rings. The molecule has 0 unspecified atom stereocenters. The number of hydrogen-bond acceptors (Lipinski definition) is 5.